The van der Waals surface area contributed by atoms with Gasteiger partial charge in [-0.15, -0.1) is 10.2 Å². The van der Waals surface area contributed by atoms with Gasteiger partial charge in [0.05, 0.1) is 13.3 Å². The van der Waals surface area contributed by atoms with E-state index in [1.165, 1.54) is 5.56 Å². The summed E-state index contributed by atoms with van der Waals surface area (Å²) in [5, 5.41) is 8.35. The van der Waals surface area contributed by atoms with Gasteiger partial charge in [-0.3, -0.25) is 9.88 Å². The summed E-state index contributed by atoms with van der Waals surface area (Å²) in [5.74, 6) is 2.37. The van der Waals surface area contributed by atoms with Crippen molar-refractivity contribution in [2.24, 2.45) is 0 Å². The summed E-state index contributed by atoms with van der Waals surface area (Å²) in [6.45, 7) is 2.88. The van der Waals surface area contributed by atoms with Crippen molar-refractivity contribution in [1.29, 1.82) is 0 Å². The number of hydrogen-bond donors (Lipinski definition) is 0. The van der Waals surface area contributed by atoms with Crippen molar-refractivity contribution in [3.63, 3.8) is 0 Å². The third-order valence-electron chi connectivity index (χ3n) is 4.75. The zero-order chi connectivity index (χ0) is 17.8. The molecule has 3 aromatic rings. The molecule has 7 nitrogen and oxygen atoms in total. The second-order valence-electron chi connectivity index (χ2n) is 6.40. The Balaban J connectivity index is 1.37. The van der Waals surface area contributed by atoms with Crippen LogP contribution in [0.4, 0.5) is 0 Å². The quantitative estimate of drug-likeness (QED) is 0.699. The van der Waals surface area contributed by atoms with Gasteiger partial charge in [-0.05, 0) is 32.0 Å². The molecule has 0 atom stereocenters. The van der Waals surface area contributed by atoms with Gasteiger partial charge < -0.3 is 9.15 Å². The van der Waals surface area contributed by atoms with E-state index in [9.17, 15) is 0 Å². The van der Waals surface area contributed by atoms with E-state index in [-0.39, 0.29) is 0 Å². The molecular formula is C19H21N5O2. The van der Waals surface area contributed by atoms with Gasteiger partial charge in [0.2, 0.25) is 5.89 Å². The molecule has 0 saturated carbocycles. The van der Waals surface area contributed by atoms with Crippen LogP contribution in [0.2, 0.25) is 0 Å². The Bertz CT molecular complexity index is 844. The van der Waals surface area contributed by atoms with Crippen LogP contribution in [0.1, 0.15) is 30.2 Å². The van der Waals surface area contributed by atoms with Crippen LogP contribution in [0.25, 0.3) is 11.6 Å². The van der Waals surface area contributed by atoms with E-state index in [4.69, 9.17) is 9.15 Å². The molecule has 0 amide bonds. The van der Waals surface area contributed by atoms with Crippen molar-refractivity contribution in [3.8, 4) is 17.3 Å². The zero-order valence-electron chi connectivity index (χ0n) is 14.7. The number of nitrogens with zero attached hydrogens (tertiary/aromatic N) is 5. The van der Waals surface area contributed by atoms with Crippen molar-refractivity contribution in [2.45, 2.75) is 25.3 Å². The molecule has 26 heavy (non-hydrogen) atoms. The van der Waals surface area contributed by atoms with Crippen LogP contribution in [0.3, 0.4) is 0 Å². The second kappa shape index (κ2) is 7.61. The van der Waals surface area contributed by atoms with Crippen LogP contribution in [0.5, 0.6) is 5.75 Å². The van der Waals surface area contributed by atoms with Crippen LogP contribution < -0.4 is 4.74 Å². The lowest BCUT2D eigenvalue weighted by Crippen LogP contribution is -2.32. The molecule has 0 aliphatic carbocycles. The average Bonchev–Trinajstić information content (AvgIpc) is 3.20. The molecule has 1 aliphatic rings. The lowest BCUT2D eigenvalue weighted by molar-refractivity contribution is 0.191. The third kappa shape index (κ3) is 3.57. The first-order chi connectivity index (χ1) is 12.8. The molecule has 1 fully saturated rings. The molecule has 0 N–H and O–H groups in total. The van der Waals surface area contributed by atoms with Gasteiger partial charge in [-0.2, -0.15) is 0 Å². The van der Waals surface area contributed by atoms with Crippen molar-refractivity contribution in [2.75, 3.05) is 20.2 Å². The molecule has 134 valence electrons. The van der Waals surface area contributed by atoms with E-state index >= 15 is 0 Å². The Morgan fingerprint density at radius 2 is 2.00 bits per heavy atom. The number of para-hydroxylation sites is 1. The number of hydrogen-bond acceptors (Lipinski definition) is 7. The Hall–Kier alpha value is -2.80. The Morgan fingerprint density at radius 3 is 2.77 bits per heavy atom. The van der Waals surface area contributed by atoms with E-state index in [0.29, 0.717) is 23.4 Å². The maximum absolute atomic E-state index is 5.84. The van der Waals surface area contributed by atoms with E-state index in [0.717, 1.165) is 38.2 Å². The molecule has 0 spiro atoms. The topological polar surface area (TPSA) is 77.2 Å². The van der Waals surface area contributed by atoms with Gasteiger partial charge in [-0.25, -0.2) is 4.98 Å². The minimum Gasteiger partial charge on any atom is -0.496 e. The highest BCUT2D eigenvalue weighted by Crippen LogP contribution is 2.30. The summed E-state index contributed by atoms with van der Waals surface area (Å²) in [6.07, 6.45) is 6.87. The third-order valence-corrected chi connectivity index (χ3v) is 4.75. The summed E-state index contributed by atoms with van der Waals surface area (Å²) >= 11 is 0. The monoisotopic (exact) mass is 351 g/mol. The molecule has 1 aromatic carbocycles. The standard InChI is InChI=1S/C19H21N5O2/c1-25-17-5-3-2-4-15(17)13-24-10-6-14(7-11-24)18-22-23-19(26-18)16-12-20-8-9-21-16/h2-5,8-9,12,14H,6-7,10-11,13H2,1H3. The number of aromatic nitrogens is 4. The highest BCUT2D eigenvalue weighted by Gasteiger charge is 2.26. The van der Waals surface area contributed by atoms with E-state index in [1.807, 2.05) is 12.1 Å². The molecule has 0 bridgehead atoms. The average molecular weight is 351 g/mol. The summed E-state index contributed by atoms with van der Waals surface area (Å²) < 4.78 is 11.3. The van der Waals surface area contributed by atoms with E-state index in [2.05, 4.69) is 37.2 Å². The van der Waals surface area contributed by atoms with Crippen LogP contribution in [0, 0.1) is 0 Å². The molecule has 2 aromatic heterocycles. The summed E-state index contributed by atoms with van der Waals surface area (Å²) in [7, 11) is 1.72. The first-order valence-corrected chi connectivity index (χ1v) is 8.77. The number of rotatable bonds is 5. The molecule has 4 rings (SSSR count). The predicted octanol–water partition coefficient (Wildman–Crippen LogP) is 2.91. The van der Waals surface area contributed by atoms with E-state index < -0.39 is 0 Å². The first kappa shape index (κ1) is 16.7. The fraction of sp³-hybridized carbons (Fsp3) is 0.368. The maximum Gasteiger partial charge on any atom is 0.267 e. The van der Waals surface area contributed by atoms with Gasteiger partial charge in [0.15, 0.2) is 0 Å². The van der Waals surface area contributed by atoms with E-state index in [1.54, 1.807) is 25.7 Å². The fourth-order valence-electron chi connectivity index (χ4n) is 3.33. The highest BCUT2D eigenvalue weighted by molar-refractivity contribution is 5.43. The Kier molecular flexibility index (Phi) is 4.88. The number of benzene rings is 1. The van der Waals surface area contributed by atoms with Crippen molar-refractivity contribution in [1.82, 2.24) is 25.1 Å². The molecule has 0 radical (unpaired) electrons. The highest BCUT2D eigenvalue weighted by atomic mass is 16.5. The Labute approximate surface area is 152 Å². The van der Waals surface area contributed by atoms with Crippen LogP contribution in [-0.2, 0) is 6.54 Å². The number of likely N-dealkylation sites (tertiary alicyclic amines) is 1. The first-order valence-electron chi connectivity index (χ1n) is 8.77. The van der Waals surface area contributed by atoms with Crippen molar-refractivity contribution < 1.29 is 9.15 Å². The van der Waals surface area contributed by atoms with Crippen LogP contribution in [-0.4, -0.2) is 45.3 Å². The normalized spacial score (nSPS) is 15.9. The molecular weight excluding hydrogens is 330 g/mol. The second-order valence-corrected chi connectivity index (χ2v) is 6.40. The van der Waals surface area contributed by atoms with Gasteiger partial charge >= 0.3 is 0 Å². The van der Waals surface area contributed by atoms with Gasteiger partial charge in [0, 0.05) is 30.4 Å². The zero-order valence-corrected chi connectivity index (χ0v) is 14.7. The smallest absolute Gasteiger partial charge is 0.267 e. The summed E-state index contributed by atoms with van der Waals surface area (Å²) in [4.78, 5) is 10.7. The molecule has 3 heterocycles. The molecule has 1 aliphatic heterocycles. The van der Waals surface area contributed by atoms with Crippen molar-refractivity contribution >= 4 is 0 Å². The van der Waals surface area contributed by atoms with Gasteiger partial charge in [-0.1, -0.05) is 18.2 Å². The van der Waals surface area contributed by atoms with Crippen LogP contribution >= 0.6 is 0 Å². The lowest BCUT2D eigenvalue weighted by atomic mass is 9.96. The van der Waals surface area contributed by atoms with Gasteiger partial charge in [0.1, 0.15) is 11.4 Å². The SMILES string of the molecule is COc1ccccc1CN1CCC(c2nnc(-c3cnccn3)o2)CC1. The van der Waals surface area contributed by atoms with Crippen LogP contribution in [0.15, 0.2) is 47.3 Å². The number of ether oxygens (including phenoxy) is 1. The molecule has 7 heteroatoms. The predicted molar refractivity (Wildman–Crippen MR) is 95.6 cm³/mol. The largest absolute Gasteiger partial charge is 0.496 e. The summed E-state index contributed by atoms with van der Waals surface area (Å²) in [5.41, 5.74) is 1.83. The molecule has 0 unspecified atom stereocenters. The number of piperidine rings is 1. The molecule has 1 saturated heterocycles. The Morgan fingerprint density at radius 1 is 1.15 bits per heavy atom. The van der Waals surface area contributed by atoms with Gasteiger partial charge in [0.25, 0.3) is 5.89 Å². The maximum atomic E-state index is 5.84. The fourth-order valence-corrected chi connectivity index (χ4v) is 3.33. The summed E-state index contributed by atoms with van der Waals surface area (Å²) in [6, 6.07) is 8.18. The minimum atomic E-state index is 0.293. The van der Waals surface area contributed by atoms with Crippen molar-refractivity contribution in [3.05, 3.63) is 54.3 Å². The minimum absolute atomic E-state index is 0.293. The number of methoxy groups -OCH3 is 1. The lowest BCUT2D eigenvalue weighted by Gasteiger charge is -2.30.